The molecule has 1 aliphatic heterocycles. The van der Waals surface area contributed by atoms with Gasteiger partial charge < -0.3 is 4.90 Å². The van der Waals surface area contributed by atoms with Crippen LogP contribution >= 0.6 is 0 Å². The average Bonchev–Trinajstić information content (AvgIpc) is 3.23. The van der Waals surface area contributed by atoms with Gasteiger partial charge in [-0.05, 0) is 55.4 Å². The minimum Gasteiger partial charge on any atom is -0.337 e. The van der Waals surface area contributed by atoms with Crippen LogP contribution in [0.15, 0.2) is 23.1 Å². The fourth-order valence-corrected chi connectivity index (χ4v) is 4.93. The highest BCUT2D eigenvalue weighted by atomic mass is 32.2. The number of carbonyl (C=O) groups excluding carboxylic acids is 1. The highest BCUT2D eigenvalue weighted by Gasteiger charge is 2.39. The van der Waals surface area contributed by atoms with Gasteiger partial charge in [0.1, 0.15) is 0 Å². The lowest BCUT2D eigenvalue weighted by atomic mass is 10.1. The molecular weight excluding hydrogens is 300 g/mol. The summed E-state index contributed by atoms with van der Waals surface area (Å²) >= 11 is 0. The number of benzene rings is 1. The maximum Gasteiger partial charge on any atom is 0.243 e. The van der Waals surface area contributed by atoms with Gasteiger partial charge in [0.2, 0.25) is 15.9 Å². The van der Waals surface area contributed by atoms with Crippen molar-refractivity contribution in [3.05, 3.63) is 29.3 Å². The number of carbonyl (C=O) groups is 1. The van der Waals surface area contributed by atoms with Crippen LogP contribution in [0.4, 0.5) is 0 Å². The number of aryl methyl sites for hydroxylation is 2. The zero-order chi connectivity index (χ0) is 15.3. The Morgan fingerprint density at radius 2 is 1.82 bits per heavy atom. The maximum absolute atomic E-state index is 12.8. The first-order valence-electron chi connectivity index (χ1n) is 7.97. The van der Waals surface area contributed by atoms with Crippen LogP contribution < -0.4 is 0 Å². The van der Waals surface area contributed by atoms with Crippen molar-refractivity contribution in [1.82, 2.24) is 9.21 Å². The molecule has 0 aromatic heterocycles. The molecule has 1 aromatic carbocycles. The fraction of sp³-hybridized carbons (Fsp3) is 0.562. The molecule has 1 saturated heterocycles. The molecule has 5 nitrogen and oxygen atoms in total. The van der Waals surface area contributed by atoms with Crippen molar-refractivity contribution >= 4 is 15.9 Å². The zero-order valence-corrected chi connectivity index (χ0v) is 13.3. The van der Waals surface area contributed by atoms with E-state index in [1.54, 1.807) is 12.1 Å². The van der Waals surface area contributed by atoms with Crippen molar-refractivity contribution in [2.75, 3.05) is 19.6 Å². The summed E-state index contributed by atoms with van der Waals surface area (Å²) in [6.45, 7) is 0.908. The van der Waals surface area contributed by atoms with Crippen LogP contribution in [0.25, 0.3) is 0 Å². The SMILES string of the molecule is O=C1CN(S(=O)(=O)c2ccc3c(c2)CCC3)CCN1C1CC1. The monoisotopic (exact) mass is 320 g/mol. The number of rotatable bonds is 3. The lowest BCUT2D eigenvalue weighted by Crippen LogP contribution is -2.52. The predicted octanol–water partition coefficient (Wildman–Crippen LogP) is 1.17. The van der Waals surface area contributed by atoms with Crippen molar-refractivity contribution in [3.8, 4) is 0 Å². The summed E-state index contributed by atoms with van der Waals surface area (Å²) < 4.78 is 26.9. The van der Waals surface area contributed by atoms with Crippen molar-refractivity contribution in [1.29, 1.82) is 0 Å². The second-order valence-electron chi connectivity index (χ2n) is 6.44. The van der Waals surface area contributed by atoms with E-state index in [1.807, 2.05) is 11.0 Å². The summed E-state index contributed by atoms with van der Waals surface area (Å²) in [7, 11) is -3.56. The van der Waals surface area contributed by atoms with E-state index in [0.717, 1.165) is 37.7 Å². The van der Waals surface area contributed by atoms with E-state index in [-0.39, 0.29) is 12.5 Å². The van der Waals surface area contributed by atoms with Crippen LogP contribution in [0.2, 0.25) is 0 Å². The Labute approximate surface area is 131 Å². The summed E-state index contributed by atoms with van der Waals surface area (Å²) in [5.74, 6) is -0.0570. The Morgan fingerprint density at radius 1 is 1.05 bits per heavy atom. The molecular formula is C16H20N2O3S. The molecule has 0 atom stereocenters. The molecule has 6 heteroatoms. The molecule has 1 saturated carbocycles. The molecule has 0 N–H and O–H groups in total. The van der Waals surface area contributed by atoms with Crippen molar-refractivity contribution in [2.45, 2.75) is 43.0 Å². The summed E-state index contributed by atoms with van der Waals surface area (Å²) in [6.07, 6.45) is 5.20. The van der Waals surface area contributed by atoms with Crippen LogP contribution in [0.3, 0.4) is 0 Å². The van der Waals surface area contributed by atoms with Gasteiger partial charge in [-0.25, -0.2) is 8.42 Å². The standard InChI is InChI=1S/C16H20N2O3S/c19-16-11-17(8-9-18(16)14-5-6-14)22(20,21)15-7-4-12-2-1-3-13(12)10-15/h4,7,10,14H,1-3,5-6,8-9,11H2. The van der Waals surface area contributed by atoms with Gasteiger partial charge >= 0.3 is 0 Å². The summed E-state index contributed by atoms with van der Waals surface area (Å²) in [5.41, 5.74) is 2.40. The lowest BCUT2D eigenvalue weighted by Gasteiger charge is -2.33. The summed E-state index contributed by atoms with van der Waals surface area (Å²) in [6, 6.07) is 5.78. The molecule has 1 amide bonds. The van der Waals surface area contributed by atoms with Gasteiger partial charge in [0.15, 0.2) is 0 Å². The molecule has 2 aliphatic carbocycles. The molecule has 22 heavy (non-hydrogen) atoms. The van der Waals surface area contributed by atoms with E-state index in [4.69, 9.17) is 0 Å². The van der Waals surface area contributed by atoms with Crippen LogP contribution in [-0.4, -0.2) is 49.2 Å². The molecule has 0 spiro atoms. The Hall–Kier alpha value is -1.40. The number of nitrogens with zero attached hydrogens (tertiary/aromatic N) is 2. The first-order chi connectivity index (χ1) is 10.6. The zero-order valence-electron chi connectivity index (χ0n) is 12.5. The van der Waals surface area contributed by atoms with E-state index in [0.29, 0.717) is 24.0 Å². The minimum absolute atomic E-state index is 0.0179. The van der Waals surface area contributed by atoms with E-state index < -0.39 is 10.0 Å². The Bertz CT molecular complexity index is 725. The predicted molar refractivity (Wildman–Crippen MR) is 82.0 cm³/mol. The largest absolute Gasteiger partial charge is 0.337 e. The van der Waals surface area contributed by atoms with E-state index in [1.165, 1.54) is 9.87 Å². The first-order valence-corrected chi connectivity index (χ1v) is 9.41. The van der Waals surface area contributed by atoms with Crippen molar-refractivity contribution in [3.63, 3.8) is 0 Å². The molecule has 1 heterocycles. The third kappa shape index (κ3) is 2.34. The smallest absolute Gasteiger partial charge is 0.243 e. The van der Waals surface area contributed by atoms with E-state index in [2.05, 4.69) is 0 Å². The van der Waals surface area contributed by atoms with Crippen molar-refractivity contribution < 1.29 is 13.2 Å². The van der Waals surface area contributed by atoms with Gasteiger partial charge in [0, 0.05) is 19.1 Å². The van der Waals surface area contributed by atoms with Gasteiger partial charge in [0.05, 0.1) is 11.4 Å². The normalized spacial score (nSPS) is 22.9. The second-order valence-corrected chi connectivity index (χ2v) is 8.38. The Kier molecular flexibility index (Phi) is 3.27. The van der Waals surface area contributed by atoms with Crippen LogP contribution in [0.1, 0.15) is 30.4 Å². The lowest BCUT2D eigenvalue weighted by molar-refractivity contribution is -0.134. The summed E-state index contributed by atoms with van der Waals surface area (Å²) in [4.78, 5) is 14.3. The average molecular weight is 320 g/mol. The fourth-order valence-electron chi connectivity index (χ4n) is 3.50. The highest BCUT2D eigenvalue weighted by molar-refractivity contribution is 7.89. The molecule has 1 aromatic rings. The topological polar surface area (TPSA) is 57.7 Å². The minimum atomic E-state index is -3.56. The van der Waals surface area contributed by atoms with E-state index in [9.17, 15) is 13.2 Å². The van der Waals surface area contributed by atoms with Crippen molar-refractivity contribution in [2.24, 2.45) is 0 Å². The molecule has 2 fully saturated rings. The summed E-state index contributed by atoms with van der Waals surface area (Å²) in [5, 5.41) is 0. The van der Waals surface area contributed by atoms with Gasteiger partial charge in [-0.1, -0.05) is 6.07 Å². The molecule has 0 unspecified atom stereocenters. The number of fused-ring (bicyclic) bond motifs is 1. The number of amides is 1. The van der Waals surface area contributed by atoms with Crippen LogP contribution in [0, 0.1) is 0 Å². The molecule has 0 bridgehead atoms. The van der Waals surface area contributed by atoms with Crippen LogP contribution in [-0.2, 0) is 27.7 Å². The number of hydrogen-bond acceptors (Lipinski definition) is 3. The van der Waals surface area contributed by atoms with Gasteiger partial charge in [-0.2, -0.15) is 4.31 Å². The van der Waals surface area contributed by atoms with Gasteiger partial charge in [-0.15, -0.1) is 0 Å². The molecule has 4 rings (SSSR count). The molecule has 3 aliphatic rings. The number of sulfonamides is 1. The second kappa shape index (κ2) is 5.06. The first kappa shape index (κ1) is 14.2. The quantitative estimate of drug-likeness (QED) is 0.840. The molecule has 0 radical (unpaired) electrons. The Morgan fingerprint density at radius 3 is 2.55 bits per heavy atom. The maximum atomic E-state index is 12.8. The highest BCUT2D eigenvalue weighted by Crippen LogP contribution is 2.30. The number of hydrogen-bond donors (Lipinski definition) is 0. The molecule has 118 valence electrons. The van der Waals surface area contributed by atoms with Gasteiger partial charge in [0.25, 0.3) is 0 Å². The third-order valence-corrected chi connectivity index (χ3v) is 6.76. The Balaban J connectivity index is 1.57. The number of piperazine rings is 1. The third-order valence-electron chi connectivity index (χ3n) is 4.92. The van der Waals surface area contributed by atoms with Crippen LogP contribution in [0.5, 0.6) is 0 Å². The van der Waals surface area contributed by atoms with E-state index >= 15 is 0 Å². The van der Waals surface area contributed by atoms with Gasteiger partial charge in [-0.3, -0.25) is 4.79 Å².